The second-order valence-electron chi connectivity index (χ2n) is 5.65. The molecule has 0 unspecified atom stereocenters. The summed E-state index contributed by atoms with van der Waals surface area (Å²) >= 11 is 0. The highest BCUT2D eigenvalue weighted by Gasteiger charge is 2.45. The fourth-order valence-electron chi connectivity index (χ4n) is 2.75. The third kappa shape index (κ3) is 1.35. The molecule has 0 aliphatic carbocycles. The zero-order valence-corrected chi connectivity index (χ0v) is 11.0. The van der Waals surface area contributed by atoms with Gasteiger partial charge in [-0.3, -0.25) is 9.36 Å². The van der Waals surface area contributed by atoms with Gasteiger partial charge in [0.1, 0.15) is 17.2 Å². The van der Waals surface area contributed by atoms with E-state index in [2.05, 4.69) is 4.98 Å². The first-order valence-corrected chi connectivity index (χ1v) is 6.06. The number of rotatable bonds is 0. The summed E-state index contributed by atoms with van der Waals surface area (Å²) in [7, 11) is 0. The largest absolute Gasteiger partial charge is 0.342 e. The van der Waals surface area contributed by atoms with Crippen molar-refractivity contribution in [3.63, 3.8) is 0 Å². The molecule has 0 radical (unpaired) electrons. The predicted molar refractivity (Wildman–Crippen MR) is 69.4 cm³/mol. The maximum atomic E-state index is 12.6. The average molecular weight is 244 g/mol. The first-order chi connectivity index (χ1) is 8.33. The van der Waals surface area contributed by atoms with E-state index in [9.17, 15) is 4.79 Å². The van der Waals surface area contributed by atoms with Gasteiger partial charge in [0.2, 0.25) is 0 Å². The van der Waals surface area contributed by atoms with Crippen LogP contribution in [0.5, 0.6) is 0 Å². The number of benzene rings is 1. The Morgan fingerprint density at radius 1 is 1.17 bits per heavy atom. The second-order valence-corrected chi connectivity index (χ2v) is 5.65. The van der Waals surface area contributed by atoms with E-state index in [1.165, 1.54) is 0 Å². The Bertz CT molecular complexity index is 698. The third-order valence-corrected chi connectivity index (χ3v) is 3.36. The number of nitrogens with zero attached hydrogens (tertiary/aromatic N) is 2. The summed E-state index contributed by atoms with van der Waals surface area (Å²) in [5, 5.41) is 0.635. The van der Waals surface area contributed by atoms with Crippen molar-refractivity contribution in [2.75, 3.05) is 0 Å². The molecule has 1 aliphatic heterocycles. The van der Waals surface area contributed by atoms with Gasteiger partial charge in [-0.05, 0) is 39.8 Å². The summed E-state index contributed by atoms with van der Waals surface area (Å²) in [6, 6.07) is 7.41. The van der Waals surface area contributed by atoms with Gasteiger partial charge in [0.15, 0.2) is 0 Å². The summed E-state index contributed by atoms with van der Waals surface area (Å²) in [4.78, 5) is 17.2. The summed E-state index contributed by atoms with van der Waals surface area (Å²) in [5.41, 5.74) is -0.520. The van der Waals surface area contributed by atoms with Crippen LogP contribution in [0.3, 0.4) is 0 Å². The Hall–Kier alpha value is -1.68. The smallest absolute Gasteiger partial charge is 0.263 e. The van der Waals surface area contributed by atoms with Crippen LogP contribution in [0.1, 0.15) is 33.5 Å². The Morgan fingerprint density at radius 2 is 1.83 bits per heavy atom. The predicted octanol–water partition coefficient (Wildman–Crippen LogP) is 2.35. The average Bonchev–Trinajstić information content (AvgIpc) is 2.45. The first kappa shape index (κ1) is 11.4. The van der Waals surface area contributed by atoms with E-state index in [-0.39, 0.29) is 5.56 Å². The van der Waals surface area contributed by atoms with Crippen LogP contribution < -0.4 is 5.56 Å². The number of hydrogen-bond acceptors (Lipinski definition) is 3. The summed E-state index contributed by atoms with van der Waals surface area (Å²) < 4.78 is 7.62. The summed E-state index contributed by atoms with van der Waals surface area (Å²) in [6.45, 7) is 7.66. The van der Waals surface area contributed by atoms with Crippen molar-refractivity contribution in [3.05, 3.63) is 40.4 Å². The van der Waals surface area contributed by atoms with Gasteiger partial charge < -0.3 is 4.74 Å². The van der Waals surface area contributed by atoms with Gasteiger partial charge in [0.25, 0.3) is 5.56 Å². The molecule has 0 amide bonds. The maximum Gasteiger partial charge on any atom is 0.263 e. The van der Waals surface area contributed by atoms with Gasteiger partial charge in [-0.25, -0.2) is 4.98 Å². The van der Waals surface area contributed by atoms with Gasteiger partial charge >= 0.3 is 0 Å². The fourth-order valence-corrected chi connectivity index (χ4v) is 2.75. The summed E-state index contributed by atoms with van der Waals surface area (Å²) in [6.07, 6.45) is 0. The van der Waals surface area contributed by atoms with Crippen LogP contribution in [0, 0.1) is 0 Å². The van der Waals surface area contributed by atoms with Crippen LogP contribution in [0.25, 0.3) is 10.9 Å². The molecule has 0 fully saturated rings. The number of fused-ring (bicyclic) bond motifs is 2. The van der Waals surface area contributed by atoms with Crippen molar-refractivity contribution in [3.8, 4) is 0 Å². The van der Waals surface area contributed by atoms with Gasteiger partial charge in [-0.1, -0.05) is 12.1 Å². The van der Waals surface area contributed by atoms with Crippen molar-refractivity contribution in [2.24, 2.45) is 0 Å². The highest BCUT2D eigenvalue weighted by molar-refractivity contribution is 5.77. The van der Waals surface area contributed by atoms with E-state index < -0.39 is 11.3 Å². The lowest BCUT2D eigenvalue weighted by molar-refractivity contribution is -0.131. The van der Waals surface area contributed by atoms with Crippen LogP contribution in [0.4, 0.5) is 0 Å². The number of ether oxygens (including phenoxy) is 1. The Kier molecular flexibility index (Phi) is 2.03. The van der Waals surface area contributed by atoms with Crippen LogP contribution in [-0.4, -0.2) is 9.55 Å². The van der Waals surface area contributed by atoms with Crippen LogP contribution in [0.2, 0.25) is 0 Å². The molecule has 94 valence electrons. The van der Waals surface area contributed by atoms with Gasteiger partial charge in [0, 0.05) is 0 Å². The van der Waals surface area contributed by atoms with Crippen LogP contribution in [0.15, 0.2) is 29.1 Å². The standard InChI is InChI=1S/C14H16N2O2/c1-13(2)12-15-10-8-6-5-7-9(10)11(17)16(12)14(3,4)18-13/h5-8H,1-4H3. The number of para-hydroxylation sites is 1. The lowest BCUT2D eigenvalue weighted by Gasteiger charge is -2.23. The van der Waals surface area contributed by atoms with E-state index in [4.69, 9.17) is 4.74 Å². The normalized spacial score (nSPS) is 20.0. The minimum absolute atomic E-state index is 0.0359. The monoisotopic (exact) mass is 244 g/mol. The fraction of sp³-hybridized carbons (Fsp3) is 0.429. The molecule has 18 heavy (non-hydrogen) atoms. The molecule has 0 N–H and O–H groups in total. The van der Waals surface area contributed by atoms with E-state index in [1.54, 1.807) is 10.6 Å². The van der Waals surface area contributed by atoms with Gasteiger partial charge in [0.05, 0.1) is 10.9 Å². The molecule has 0 saturated heterocycles. The van der Waals surface area contributed by atoms with E-state index >= 15 is 0 Å². The molecular weight excluding hydrogens is 228 g/mol. The van der Waals surface area contributed by atoms with Crippen LogP contribution >= 0.6 is 0 Å². The third-order valence-electron chi connectivity index (χ3n) is 3.36. The van der Waals surface area contributed by atoms with Gasteiger partial charge in [-0.15, -0.1) is 0 Å². The van der Waals surface area contributed by atoms with Gasteiger partial charge in [-0.2, -0.15) is 0 Å². The number of aromatic nitrogens is 2. The molecule has 3 rings (SSSR count). The molecule has 4 nitrogen and oxygen atoms in total. The highest BCUT2D eigenvalue weighted by Crippen LogP contribution is 2.39. The minimum atomic E-state index is -0.660. The SMILES string of the molecule is CC1(C)OC(C)(C)n2c1nc1ccccc1c2=O. The van der Waals surface area contributed by atoms with E-state index in [0.29, 0.717) is 11.2 Å². The van der Waals surface area contributed by atoms with E-state index in [1.807, 2.05) is 45.9 Å². The van der Waals surface area contributed by atoms with E-state index in [0.717, 1.165) is 5.52 Å². The molecule has 4 heteroatoms. The quantitative estimate of drug-likeness (QED) is 0.714. The molecule has 0 saturated carbocycles. The highest BCUT2D eigenvalue weighted by atomic mass is 16.5. The lowest BCUT2D eigenvalue weighted by Crippen LogP contribution is -2.34. The summed E-state index contributed by atoms with van der Waals surface area (Å²) in [5.74, 6) is 0.691. The minimum Gasteiger partial charge on any atom is -0.342 e. The first-order valence-electron chi connectivity index (χ1n) is 6.06. The topological polar surface area (TPSA) is 44.1 Å². The zero-order chi connectivity index (χ0) is 13.1. The molecule has 2 aromatic rings. The Balaban J connectivity index is 2.50. The van der Waals surface area contributed by atoms with Crippen molar-refractivity contribution in [2.45, 2.75) is 39.0 Å². The molecular formula is C14H16N2O2. The molecule has 1 aromatic carbocycles. The van der Waals surface area contributed by atoms with Crippen molar-refractivity contribution in [1.82, 2.24) is 9.55 Å². The molecule has 1 aromatic heterocycles. The van der Waals surface area contributed by atoms with Crippen molar-refractivity contribution in [1.29, 1.82) is 0 Å². The lowest BCUT2D eigenvalue weighted by atomic mass is 10.1. The van der Waals surface area contributed by atoms with Crippen LogP contribution in [-0.2, 0) is 16.1 Å². The van der Waals surface area contributed by atoms with Crippen molar-refractivity contribution < 1.29 is 4.74 Å². The Labute approximate surface area is 105 Å². The molecule has 2 heterocycles. The zero-order valence-electron chi connectivity index (χ0n) is 11.0. The molecule has 0 bridgehead atoms. The van der Waals surface area contributed by atoms with Crippen molar-refractivity contribution >= 4 is 10.9 Å². The molecule has 1 aliphatic rings. The molecule has 0 spiro atoms. The Morgan fingerprint density at radius 3 is 2.56 bits per heavy atom. The number of hydrogen-bond donors (Lipinski definition) is 0. The maximum absolute atomic E-state index is 12.6. The molecule has 0 atom stereocenters. The second kappa shape index (κ2) is 3.20.